The second-order valence-corrected chi connectivity index (χ2v) is 5.62. The molecule has 1 aromatic carbocycles. The molecule has 116 valence electrons. The van der Waals surface area contributed by atoms with Crippen LogP contribution in [-0.2, 0) is 0 Å². The number of nitrogens with zero attached hydrogens (tertiary/aromatic N) is 1. The molecule has 1 amide bonds. The quantitative estimate of drug-likeness (QED) is 0.866. The van der Waals surface area contributed by atoms with Gasteiger partial charge >= 0.3 is 6.18 Å². The molecular formula is C15H18F3NO2. The number of benzene rings is 1. The molecule has 21 heavy (non-hydrogen) atoms. The second-order valence-electron chi connectivity index (χ2n) is 5.62. The number of carbonyl (C=O) groups excluding carboxylic acids is 1. The van der Waals surface area contributed by atoms with Crippen LogP contribution >= 0.6 is 0 Å². The average Bonchev–Trinajstić information content (AvgIpc) is 2.41. The van der Waals surface area contributed by atoms with Gasteiger partial charge in [0.2, 0.25) is 0 Å². The first-order valence-corrected chi connectivity index (χ1v) is 6.80. The first-order chi connectivity index (χ1) is 9.64. The summed E-state index contributed by atoms with van der Waals surface area (Å²) in [5.41, 5.74) is -0.190. The number of hydrogen-bond acceptors (Lipinski definition) is 2. The van der Waals surface area contributed by atoms with Crippen molar-refractivity contribution in [2.45, 2.75) is 38.5 Å². The lowest BCUT2D eigenvalue weighted by molar-refractivity contribution is -0.271. The van der Waals surface area contributed by atoms with Crippen LogP contribution in [0.5, 0.6) is 0 Å². The van der Waals surface area contributed by atoms with Crippen molar-refractivity contribution in [3.63, 3.8) is 0 Å². The van der Waals surface area contributed by atoms with Crippen molar-refractivity contribution in [3.8, 4) is 0 Å². The molecule has 0 radical (unpaired) electrons. The summed E-state index contributed by atoms with van der Waals surface area (Å²) in [7, 11) is 0. The number of aliphatic hydroxyl groups is 1. The molecule has 0 aromatic heterocycles. The molecule has 1 heterocycles. The van der Waals surface area contributed by atoms with Crippen molar-refractivity contribution in [1.82, 2.24) is 4.90 Å². The van der Waals surface area contributed by atoms with Crippen molar-refractivity contribution in [2.75, 3.05) is 13.1 Å². The van der Waals surface area contributed by atoms with Crippen LogP contribution in [0.4, 0.5) is 13.2 Å². The van der Waals surface area contributed by atoms with Gasteiger partial charge in [-0.3, -0.25) is 4.79 Å². The van der Waals surface area contributed by atoms with E-state index < -0.39 is 24.6 Å². The topological polar surface area (TPSA) is 40.5 Å². The molecule has 0 saturated carbocycles. The van der Waals surface area contributed by atoms with Gasteiger partial charge in [-0.2, -0.15) is 13.2 Å². The SMILES string of the molecule is Cc1ccc(C(=O)N2CCC(O)(C(F)(F)F)CC2)cc1C. The Morgan fingerprint density at radius 3 is 2.24 bits per heavy atom. The van der Waals surface area contributed by atoms with Gasteiger partial charge < -0.3 is 10.0 Å². The first-order valence-electron chi connectivity index (χ1n) is 6.80. The summed E-state index contributed by atoms with van der Waals surface area (Å²) in [6, 6.07) is 5.23. The second kappa shape index (κ2) is 5.33. The maximum absolute atomic E-state index is 12.7. The van der Waals surface area contributed by atoms with Crippen LogP contribution < -0.4 is 0 Å². The minimum Gasteiger partial charge on any atom is -0.380 e. The lowest BCUT2D eigenvalue weighted by Crippen LogP contribution is -2.54. The van der Waals surface area contributed by atoms with Gasteiger partial charge in [-0.25, -0.2) is 0 Å². The Bertz CT molecular complexity index is 546. The third-order valence-electron chi connectivity index (χ3n) is 4.16. The number of likely N-dealkylation sites (tertiary alicyclic amines) is 1. The summed E-state index contributed by atoms with van der Waals surface area (Å²) in [6.45, 7) is 3.61. The first kappa shape index (κ1) is 15.8. The van der Waals surface area contributed by atoms with E-state index in [1.807, 2.05) is 19.9 Å². The molecule has 1 aliphatic heterocycles. The summed E-state index contributed by atoms with van der Waals surface area (Å²) in [5, 5.41) is 9.60. The molecule has 0 atom stereocenters. The highest BCUT2D eigenvalue weighted by Gasteiger charge is 2.54. The van der Waals surface area contributed by atoms with Gasteiger partial charge in [0, 0.05) is 31.5 Å². The fourth-order valence-electron chi connectivity index (χ4n) is 2.42. The van der Waals surface area contributed by atoms with Crippen LogP contribution in [0.1, 0.15) is 34.3 Å². The molecule has 2 rings (SSSR count). The van der Waals surface area contributed by atoms with Gasteiger partial charge in [-0.05, 0) is 37.1 Å². The van der Waals surface area contributed by atoms with Crippen molar-refractivity contribution >= 4 is 5.91 Å². The number of piperidine rings is 1. The van der Waals surface area contributed by atoms with Gasteiger partial charge in [-0.1, -0.05) is 6.07 Å². The van der Waals surface area contributed by atoms with Crippen LogP contribution in [0.15, 0.2) is 18.2 Å². The minimum atomic E-state index is -4.65. The molecule has 3 nitrogen and oxygen atoms in total. The highest BCUT2D eigenvalue weighted by Crippen LogP contribution is 2.38. The lowest BCUT2D eigenvalue weighted by atomic mass is 9.90. The Labute approximate surface area is 121 Å². The van der Waals surface area contributed by atoms with E-state index in [9.17, 15) is 23.1 Å². The third-order valence-corrected chi connectivity index (χ3v) is 4.16. The highest BCUT2D eigenvalue weighted by atomic mass is 19.4. The number of hydrogen-bond donors (Lipinski definition) is 1. The van der Waals surface area contributed by atoms with E-state index in [1.54, 1.807) is 12.1 Å². The molecule has 0 unspecified atom stereocenters. The predicted octanol–water partition coefficient (Wildman–Crippen LogP) is 2.83. The Kier molecular flexibility index (Phi) is 4.02. The maximum atomic E-state index is 12.7. The Morgan fingerprint density at radius 1 is 1.19 bits per heavy atom. The molecular weight excluding hydrogens is 283 g/mol. The molecule has 1 fully saturated rings. The van der Waals surface area contributed by atoms with Crippen LogP contribution in [0.3, 0.4) is 0 Å². The summed E-state index contributed by atoms with van der Waals surface area (Å²) in [5.74, 6) is -0.290. The molecule has 0 aliphatic carbocycles. The fraction of sp³-hybridized carbons (Fsp3) is 0.533. The molecule has 1 aliphatic rings. The predicted molar refractivity (Wildman–Crippen MR) is 72.1 cm³/mol. The van der Waals surface area contributed by atoms with Crippen LogP contribution in [0, 0.1) is 13.8 Å². The highest BCUT2D eigenvalue weighted by molar-refractivity contribution is 5.94. The van der Waals surface area contributed by atoms with Gasteiger partial charge in [0.25, 0.3) is 5.91 Å². The van der Waals surface area contributed by atoms with Gasteiger partial charge in [-0.15, -0.1) is 0 Å². The third kappa shape index (κ3) is 3.05. The molecule has 1 aromatic rings. The van der Waals surface area contributed by atoms with E-state index in [0.717, 1.165) is 11.1 Å². The number of alkyl halides is 3. The van der Waals surface area contributed by atoms with Gasteiger partial charge in [0.1, 0.15) is 0 Å². The molecule has 6 heteroatoms. The monoisotopic (exact) mass is 301 g/mol. The summed E-state index contributed by atoms with van der Waals surface area (Å²) in [4.78, 5) is 13.7. The van der Waals surface area contributed by atoms with E-state index in [2.05, 4.69) is 0 Å². The fourth-order valence-corrected chi connectivity index (χ4v) is 2.42. The molecule has 0 bridgehead atoms. The normalized spacial score (nSPS) is 18.7. The minimum absolute atomic E-state index is 0.0955. The van der Waals surface area contributed by atoms with Gasteiger partial charge in [0.05, 0.1) is 0 Å². The Morgan fingerprint density at radius 2 is 1.76 bits per heavy atom. The zero-order valence-corrected chi connectivity index (χ0v) is 12.0. The van der Waals surface area contributed by atoms with Crippen LogP contribution in [0.2, 0.25) is 0 Å². The summed E-state index contributed by atoms with van der Waals surface area (Å²) in [6.07, 6.45) is -5.61. The zero-order valence-electron chi connectivity index (χ0n) is 12.0. The van der Waals surface area contributed by atoms with Crippen molar-refractivity contribution in [3.05, 3.63) is 34.9 Å². The average molecular weight is 301 g/mol. The van der Waals surface area contributed by atoms with Crippen molar-refractivity contribution < 1.29 is 23.1 Å². The Hall–Kier alpha value is -1.56. The van der Waals surface area contributed by atoms with Crippen molar-refractivity contribution in [1.29, 1.82) is 0 Å². The molecule has 0 spiro atoms. The van der Waals surface area contributed by atoms with Crippen LogP contribution in [-0.4, -0.2) is 40.8 Å². The molecule has 1 N–H and O–H groups in total. The van der Waals surface area contributed by atoms with E-state index in [0.29, 0.717) is 5.56 Å². The Balaban J connectivity index is 2.08. The van der Waals surface area contributed by atoms with E-state index in [-0.39, 0.29) is 19.0 Å². The number of carbonyl (C=O) groups is 1. The van der Waals surface area contributed by atoms with E-state index in [4.69, 9.17) is 0 Å². The summed E-state index contributed by atoms with van der Waals surface area (Å²) < 4.78 is 38.2. The number of halogens is 3. The largest absolute Gasteiger partial charge is 0.417 e. The van der Waals surface area contributed by atoms with E-state index in [1.165, 1.54) is 4.90 Å². The number of aryl methyl sites for hydroxylation is 2. The number of amides is 1. The van der Waals surface area contributed by atoms with Gasteiger partial charge in [0.15, 0.2) is 5.60 Å². The van der Waals surface area contributed by atoms with E-state index >= 15 is 0 Å². The lowest BCUT2D eigenvalue weighted by Gasteiger charge is -2.39. The summed E-state index contributed by atoms with van der Waals surface area (Å²) >= 11 is 0. The van der Waals surface area contributed by atoms with Crippen molar-refractivity contribution in [2.24, 2.45) is 0 Å². The van der Waals surface area contributed by atoms with Crippen LogP contribution in [0.25, 0.3) is 0 Å². The smallest absolute Gasteiger partial charge is 0.380 e. The maximum Gasteiger partial charge on any atom is 0.417 e. The number of rotatable bonds is 1. The zero-order chi connectivity index (χ0) is 15.8. The molecule has 1 saturated heterocycles. The standard InChI is InChI=1S/C15H18F3NO2/c1-10-3-4-12(9-11(10)2)13(20)19-7-5-14(21,6-8-19)15(16,17)18/h3-4,9,21H,5-8H2,1-2H3.